The van der Waals surface area contributed by atoms with Crippen molar-refractivity contribution in [1.82, 2.24) is 0 Å². The summed E-state index contributed by atoms with van der Waals surface area (Å²) >= 11 is 0. The van der Waals surface area contributed by atoms with Gasteiger partial charge in [0, 0.05) is 0 Å². The zero-order valence-corrected chi connectivity index (χ0v) is 15.4. The van der Waals surface area contributed by atoms with Crippen LogP contribution in [0, 0.1) is 22.7 Å². The van der Waals surface area contributed by atoms with Crippen LogP contribution in [0.1, 0.15) is 11.1 Å². The molecule has 4 rings (SSSR count). The van der Waals surface area contributed by atoms with Crippen LogP contribution in [0.5, 0.6) is 5.75 Å². The van der Waals surface area contributed by atoms with Crippen LogP contribution in [0.3, 0.4) is 0 Å². The molecule has 4 nitrogen and oxygen atoms in total. The van der Waals surface area contributed by atoms with E-state index in [1.54, 1.807) is 12.1 Å². The highest BCUT2D eigenvalue weighted by atomic mass is 19.4. The van der Waals surface area contributed by atoms with Crippen molar-refractivity contribution in [2.75, 3.05) is 0 Å². The topological polar surface area (TPSA) is 73.9 Å². The quantitative estimate of drug-likeness (QED) is 0.416. The predicted molar refractivity (Wildman–Crippen MR) is 103 cm³/mol. The van der Waals surface area contributed by atoms with Crippen LogP contribution in [0.2, 0.25) is 0 Å². The highest BCUT2D eigenvalue weighted by Crippen LogP contribution is 2.41. The molecule has 148 valence electrons. The number of nitrogens with zero attached hydrogens (tertiary/aromatic N) is 2. The smallest absolute Gasteiger partial charge is 0.406 e. The summed E-state index contributed by atoms with van der Waals surface area (Å²) in [6.45, 7) is 0. The fraction of sp³-hybridized carbons (Fsp3) is 0.0870. The van der Waals surface area contributed by atoms with Crippen LogP contribution in [0.4, 0.5) is 13.2 Å². The van der Waals surface area contributed by atoms with E-state index in [0.29, 0.717) is 0 Å². The lowest BCUT2D eigenvalue weighted by Gasteiger charge is -2.11. The van der Waals surface area contributed by atoms with Gasteiger partial charge in [-0.2, -0.15) is 10.5 Å². The van der Waals surface area contributed by atoms with E-state index >= 15 is 0 Å². The molecule has 0 saturated carbocycles. The van der Waals surface area contributed by atoms with E-state index in [1.165, 1.54) is 34.4 Å². The first-order chi connectivity index (χ1) is 14.3. The molecule has 0 heterocycles. The van der Waals surface area contributed by atoms with Gasteiger partial charge < -0.3 is 4.74 Å². The van der Waals surface area contributed by atoms with Crippen LogP contribution >= 0.6 is 0 Å². The van der Waals surface area contributed by atoms with Crippen LogP contribution in [0.15, 0.2) is 66.7 Å². The van der Waals surface area contributed by atoms with Crippen molar-refractivity contribution in [2.24, 2.45) is 0 Å². The SMILES string of the molecule is FC(F)(F)Oc1ccc(-c2cccc3c2Cc2ccccc2-3)cc1.N#CC(=O)C#N. The summed E-state index contributed by atoms with van der Waals surface area (Å²) in [5, 5.41) is 15.0. The molecule has 0 unspecified atom stereocenters. The normalized spacial score (nSPS) is 11.1. The zero-order valence-electron chi connectivity index (χ0n) is 15.4. The van der Waals surface area contributed by atoms with Crippen molar-refractivity contribution in [2.45, 2.75) is 12.8 Å². The van der Waals surface area contributed by atoms with E-state index in [4.69, 9.17) is 10.5 Å². The van der Waals surface area contributed by atoms with Crippen molar-refractivity contribution in [1.29, 1.82) is 10.5 Å². The van der Waals surface area contributed by atoms with Gasteiger partial charge in [0.15, 0.2) is 12.1 Å². The van der Waals surface area contributed by atoms with Crippen molar-refractivity contribution in [3.63, 3.8) is 0 Å². The third kappa shape index (κ3) is 4.65. The number of carbonyl (C=O) groups excluding carboxylic acids is 1. The van der Waals surface area contributed by atoms with Gasteiger partial charge in [-0.3, -0.25) is 4.79 Å². The molecule has 1 aliphatic carbocycles. The molecule has 0 spiro atoms. The van der Waals surface area contributed by atoms with Crippen LogP contribution < -0.4 is 4.74 Å². The molecule has 0 fully saturated rings. The number of alkyl halides is 3. The molecule has 0 bridgehead atoms. The van der Waals surface area contributed by atoms with E-state index < -0.39 is 12.1 Å². The van der Waals surface area contributed by atoms with E-state index in [9.17, 15) is 18.0 Å². The summed E-state index contributed by atoms with van der Waals surface area (Å²) in [4.78, 5) is 9.46. The number of rotatable bonds is 2. The minimum absolute atomic E-state index is 0.206. The number of hydrogen-bond acceptors (Lipinski definition) is 4. The fourth-order valence-corrected chi connectivity index (χ4v) is 3.29. The molecule has 3 aromatic rings. The molecule has 0 atom stereocenters. The molecule has 0 amide bonds. The fourth-order valence-electron chi connectivity index (χ4n) is 3.29. The van der Waals surface area contributed by atoms with Gasteiger partial charge in [-0.25, -0.2) is 0 Å². The zero-order chi connectivity index (χ0) is 21.7. The van der Waals surface area contributed by atoms with E-state index in [0.717, 1.165) is 29.7 Å². The first-order valence-corrected chi connectivity index (χ1v) is 8.73. The second kappa shape index (κ2) is 8.50. The predicted octanol–water partition coefficient (Wildman–Crippen LogP) is 5.43. The average Bonchev–Trinajstić information content (AvgIpc) is 3.12. The van der Waals surface area contributed by atoms with E-state index in [-0.39, 0.29) is 5.75 Å². The Morgan fingerprint density at radius 3 is 2.03 bits per heavy atom. The summed E-state index contributed by atoms with van der Waals surface area (Å²) in [7, 11) is 0. The van der Waals surface area contributed by atoms with Crippen LogP contribution in [-0.4, -0.2) is 12.1 Å². The summed E-state index contributed by atoms with van der Waals surface area (Å²) in [5.74, 6) is -1.25. The highest BCUT2D eigenvalue weighted by molar-refractivity contribution is 6.05. The summed E-state index contributed by atoms with van der Waals surface area (Å²) in [6.07, 6.45) is -3.83. The molecule has 7 heteroatoms. The number of halogens is 3. The number of benzene rings is 3. The largest absolute Gasteiger partial charge is 0.573 e. The van der Waals surface area contributed by atoms with E-state index in [2.05, 4.69) is 22.9 Å². The molecule has 30 heavy (non-hydrogen) atoms. The number of nitriles is 2. The standard InChI is InChI=1S/C20H13F3O.C3N2O/c21-20(22,23)24-15-10-8-13(9-11-15)16-6-3-7-18-17-5-2-1-4-14(17)12-19(16)18;4-1-3(6)2-5/h1-11H,12H2;. The maximum absolute atomic E-state index is 12.3. The molecular weight excluding hydrogens is 393 g/mol. The second-order valence-electron chi connectivity index (χ2n) is 6.29. The van der Waals surface area contributed by atoms with Gasteiger partial charge in [0.25, 0.3) is 0 Å². The molecular formula is C23H13F3N2O2. The maximum Gasteiger partial charge on any atom is 0.573 e. The average molecular weight is 406 g/mol. The number of ether oxygens (including phenoxy) is 1. The number of ketones is 1. The third-order valence-electron chi connectivity index (χ3n) is 4.45. The molecule has 1 aliphatic rings. The van der Waals surface area contributed by atoms with Crippen molar-refractivity contribution in [3.05, 3.63) is 77.9 Å². The van der Waals surface area contributed by atoms with Gasteiger partial charge in [0.1, 0.15) is 5.75 Å². The minimum atomic E-state index is -4.67. The maximum atomic E-state index is 12.3. The Labute approximate surface area is 170 Å². The third-order valence-corrected chi connectivity index (χ3v) is 4.45. The van der Waals surface area contributed by atoms with Crippen LogP contribution in [0.25, 0.3) is 22.3 Å². The lowest BCUT2D eigenvalue weighted by atomic mass is 9.96. The number of carbonyl (C=O) groups is 1. The molecule has 3 aromatic carbocycles. The second-order valence-corrected chi connectivity index (χ2v) is 6.29. The van der Waals surface area contributed by atoms with Gasteiger partial charge >= 0.3 is 12.1 Å². The Bertz CT molecular complexity index is 1150. The molecule has 0 aliphatic heterocycles. The molecule has 0 N–H and O–H groups in total. The van der Waals surface area contributed by atoms with Crippen molar-refractivity contribution >= 4 is 5.78 Å². The molecule has 0 aromatic heterocycles. The van der Waals surface area contributed by atoms with Crippen LogP contribution in [-0.2, 0) is 11.2 Å². The number of Topliss-reactive ketones (excluding diaryl/α,β-unsaturated/α-hetero) is 1. The number of hydrogen-bond donors (Lipinski definition) is 0. The van der Waals surface area contributed by atoms with Crippen molar-refractivity contribution in [3.8, 4) is 40.1 Å². The van der Waals surface area contributed by atoms with Gasteiger partial charge in [-0.05, 0) is 51.9 Å². The Balaban J connectivity index is 0.000000377. The first-order valence-electron chi connectivity index (χ1n) is 8.73. The van der Waals surface area contributed by atoms with Gasteiger partial charge in [-0.1, -0.05) is 54.6 Å². The highest BCUT2D eigenvalue weighted by Gasteiger charge is 2.31. The summed E-state index contributed by atoms with van der Waals surface area (Å²) < 4.78 is 40.8. The van der Waals surface area contributed by atoms with Gasteiger partial charge in [0.05, 0.1) is 0 Å². The molecule has 0 radical (unpaired) electrons. The van der Waals surface area contributed by atoms with E-state index in [1.807, 2.05) is 24.3 Å². The summed E-state index contributed by atoms with van der Waals surface area (Å²) in [5.41, 5.74) is 6.83. The van der Waals surface area contributed by atoms with Crippen molar-refractivity contribution < 1.29 is 22.7 Å². The first kappa shape index (κ1) is 20.6. The van der Waals surface area contributed by atoms with Gasteiger partial charge in [-0.15, -0.1) is 13.2 Å². The number of fused-ring (bicyclic) bond motifs is 3. The summed E-state index contributed by atoms with van der Waals surface area (Å²) in [6, 6.07) is 22.6. The Kier molecular flexibility index (Phi) is 5.85. The lowest BCUT2D eigenvalue weighted by Crippen LogP contribution is -2.16. The monoisotopic (exact) mass is 406 g/mol. The van der Waals surface area contributed by atoms with Gasteiger partial charge in [0.2, 0.25) is 0 Å². The Morgan fingerprint density at radius 1 is 0.833 bits per heavy atom. The minimum Gasteiger partial charge on any atom is -0.406 e. The lowest BCUT2D eigenvalue weighted by molar-refractivity contribution is -0.274. The Hall–Kier alpha value is -4.10. The Morgan fingerprint density at radius 2 is 1.43 bits per heavy atom. The molecule has 0 saturated heterocycles.